The van der Waals surface area contributed by atoms with E-state index in [1.54, 1.807) is 24.3 Å². The Morgan fingerprint density at radius 3 is 2.30 bits per heavy atom. The second kappa shape index (κ2) is 10.0. The summed E-state index contributed by atoms with van der Waals surface area (Å²) in [6.45, 7) is 3.84. The topological polar surface area (TPSA) is 58.2 Å². The van der Waals surface area contributed by atoms with E-state index in [2.05, 4.69) is 10.6 Å². The Balaban J connectivity index is 1.58. The van der Waals surface area contributed by atoms with E-state index in [-0.39, 0.29) is 17.1 Å². The van der Waals surface area contributed by atoms with Gasteiger partial charge in [0, 0.05) is 21.3 Å². The summed E-state index contributed by atoms with van der Waals surface area (Å²) >= 11 is 13.4. The van der Waals surface area contributed by atoms with Gasteiger partial charge in [-0.25, -0.2) is 0 Å². The van der Waals surface area contributed by atoms with Crippen LogP contribution in [0.15, 0.2) is 71.6 Å². The maximum absolute atomic E-state index is 12.4. The molecule has 1 unspecified atom stereocenters. The van der Waals surface area contributed by atoms with Crippen LogP contribution >= 0.6 is 35.0 Å². The highest BCUT2D eigenvalue weighted by Gasteiger charge is 2.15. The fourth-order valence-electron chi connectivity index (χ4n) is 2.71. The van der Waals surface area contributed by atoms with Gasteiger partial charge in [-0.2, -0.15) is 0 Å². The summed E-state index contributed by atoms with van der Waals surface area (Å²) in [7, 11) is 0. The number of carbonyl (C=O) groups is 2. The summed E-state index contributed by atoms with van der Waals surface area (Å²) in [4.78, 5) is 25.8. The quantitative estimate of drug-likeness (QED) is 0.405. The Bertz CT molecular complexity index is 1070. The van der Waals surface area contributed by atoms with Crippen LogP contribution in [0.2, 0.25) is 10.0 Å². The normalized spacial score (nSPS) is 11.6. The molecule has 0 aliphatic carbocycles. The first-order valence-electron chi connectivity index (χ1n) is 9.22. The van der Waals surface area contributed by atoms with Gasteiger partial charge in [0.25, 0.3) is 5.91 Å². The van der Waals surface area contributed by atoms with E-state index in [0.717, 1.165) is 16.1 Å². The summed E-state index contributed by atoms with van der Waals surface area (Å²) in [5.41, 5.74) is 2.85. The summed E-state index contributed by atoms with van der Waals surface area (Å²) in [6, 6.07) is 19.7. The molecule has 154 valence electrons. The molecule has 0 saturated heterocycles. The first-order chi connectivity index (χ1) is 14.3. The van der Waals surface area contributed by atoms with Gasteiger partial charge in [-0.1, -0.05) is 35.3 Å². The van der Waals surface area contributed by atoms with Crippen molar-refractivity contribution in [1.82, 2.24) is 0 Å². The van der Waals surface area contributed by atoms with Crippen molar-refractivity contribution in [2.45, 2.75) is 24.0 Å². The first-order valence-corrected chi connectivity index (χ1v) is 10.9. The molecule has 3 rings (SSSR count). The molecule has 0 saturated carbocycles. The number of aryl methyl sites for hydroxylation is 1. The number of amides is 2. The Morgan fingerprint density at radius 2 is 1.63 bits per heavy atom. The van der Waals surface area contributed by atoms with Gasteiger partial charge in [0.15, 0.2) is 0 Å². The van der Waals surface area contributed by atoms with Crippen LogP contribution in [0.25, 0.3) is 0 Å². The van der Waals surface area contributed by atoms with Gasteiger partial charge in [0.2, 0.25) is 5.91 Å². The van der Waals surface area contributed by atoms with Crippen LogP contribution in [0.4, 0.5) is 11.4 Å². The lowest BCUT2D eigenvalue weighted by atomic mass is 10.2. The predicted octanol–water partition coefficient (Wildman–Crippen LogP) is 6.67. The van der Waals surface area contributed by atoms with Crippen LogP contribution in [0, 0.1) is 6.92 Å². The fourth-order valence-corrected chi connectivity index (χ4v) is 4.07. The minimum absolute atomic E-state index is 0.0691. The van der Waals surface area contributed by atoms with Crippen molar-refractivity contribution in [1.29, 1.82) is 0 Å². The Hall–Kier alpha value is -2.47. The highest BCUT2D eigenvalue weighted by molar-refractivity contribution is 8.00. The van der Waals surface area contributed by atoms with Gasteiger partial charge >= 0.3 is 0 Å². The Kier molecular flexibility index (Phi) is 7.43. The van der Waals surface area contributed by atoms with Gasteiger partial charge in [-0.05, 0) is 74.0 Å². The molecule has 3 aromatic rings. The molecule has 2 N–H and O–H groups in total. The zero-order chi connectivity index (χ0) is 21.7. The average Bonchev–Trinajstić information content (AvgIpc) is 2.69. The summed E-state index contributed by atoms with van der Waals surface area (Å²) < 4.78 is 0. The molecule has 0 aliphatic heterocycles. The maximum Gasteiger partial charge on any atom is 0.257 e. The lowest BCUT2D eigenvalue weighted by Gasteiger charge is -2.13. The molecule has 0 radical (unpaired) electrons. The van der Waals surface area contributed by atoms with E-state index in [4.69, 9.17) is 23.2 Å². The lowest BCUT2D eigenvalue weighted by Crippen LogP contribution is -2.22. The number of halogens is 2. The second-order valence-corrected chi connectivity index (χ2v) is 8.98. The number of rotatable bonds is 6. The van der Waals surface area contributed by atoms with E-state index >= 15 is 0 Å². The van der Waals surface area contributed by atoms with Crippen LogP contribution in [-0.4, -0.2) is 17.1 Å². The van der Waals surface area contributed by atoms with E-state index in [0.29, 0.717) is 21.3 Å². The van der Waals surface area contributed by atoms with E-state index in [1.807, 2.05) is 50.2 Å². The van der Waals surface area contributed by atoms with Gasteiger partial charge in [-0.15, -0.1) is 11.8 Å². The second-order valence-electron chi connectivity index (χ2n) is 6.72. The Labute approximate surface area is 190 Å². The number of benzene rings is 3. The predicted molar refractivity (Wildman–Crippen MR) is 126 cm³/mol. The third-order valence-electron chi connectivity index (χ3n) is 4.26. The highest BCUT2D eigenvalue weighted by atomic mass is 35.5. The van der Waals surface area contributed by atoms with Crippen LogP contribution in [0.3, 0.4) is 0 Å². The van der Waals surface area contributed by atoms with Gasteiger partial charge in [-0.3, -0.25) is 9.59 Å². The number of hydrogen-bond acceptors (Lipinski definition) is 3. The Morgan fingerprint density at radius 1 is 0.900 bits per heavy atom. The molecule has 0 aliphatic rings. The highest BCUT2D eigenvalue weighted by Crippen LogP contribution is 2.27. The number of anilines is 2. The largest absolute Gasteiger partial charge is 0.325 e. The van der Waals surface area contributed by atoms with Crippen molar-refractivity contribution in [3.05, 3.63) is 87.9 Å². The zero-order valence-corrected chi connectivity index (χ0v) is 18.7. The lowest BCUT2D eigenvalue weighted by molar-refractivity contribution is -0.115. The third kappa shape index (κ3) is 6.02. The maximum atomic E-state index is 12.4. The summed E-state index contributed by atoms with van der Waals surface area (Å²) in [5, 5.41) is 6.22. The summed E-state index contributed by atoms with van der Waals surface area (Å²) in [5.74, 6) is -0.386. The van der Waals surface area contributed by atoms with E-state index < -0.39 is 0 Å². The first kappa shape index (κ1) is 22.2. The van der Waals surface area contributed by atoms with Crippen molar-refractivity contribution < 1.29 is 9.59 Å². The molecule has 0 bridgehead atoms. The molecule has 0 heterocycles. The number of nitrogens with one attached hydrogen (secondary N) is 2. The monoisotopic (exact) mass is 458 g/mol. The zero-order valence-electron chi connectivity index (χ0n) is 16.4. The summed E-state index contributed by atoms with van der Waals surface area (Å²) in [6.07, 6.45) is 0. The SMILES string of the molecule is Cc1cccc(NC(=O)C(C)Sc2ccc(NC(=O)c3ccc(Cl)cc3Cl)cc2)c1. The number of carbonyl (C=O) groups excluding carboxylic acids is 2. The molecular weight excluding hydrogens is 439 g/mol. The van der Waals surface area contributed by atoms with E-state index in [9.17, 15) is 9.59 Å². The molecule has 0 spiro atoms. The van der Waals surface area contributed by atoms with Crippen molar-refractivity contribution in [3.63, 3.8) is 0 Å². The average molecular weight is 459 g/mol. The molecule has 0 aromatic heterocycles. The molecule has 30 heavy (non-hydrogen) atoms. The van der Waals surface area contributed by atoms with Gasteiger partial charge in [0.1, 0.15) is 0 Å². The molecule has 4 nitrogen and oxygen atoms in total. The standard InChI is InChI=1S/C23H20Cl2N2O2S/c1-14-4-3-5-18(12-14)27-22(28)15(2)30-19-9-7-17(8-10-19)26-23(29)20-11-6-16(24)13-21(20)25/h3-13,15H,1-2H3,(H,26,29)(H,27,28). The molecular formula is C23H20Cl2N2O2S. The van der Waals surface area contributed by atoms with Gasteiger partial charge in [0.05, 0.1) is 15.8 Å². The number of thioether (sulfide) groups is 1. The molecule has 1 atom stereocenters. The van der Waals surface area contributed by atoms with Crippen LogP contribution in [0.5, 0.6) is 0 Å². The van der Waals surface area contributed by atoms with Gasteiger partial charge < -0.3 is 10.6 Å². The van der Waals surface area contributed by atoms with Crippen molar-refractivity contribution in [2.75, 3.05) is 10.6 Å². The smallest absolute Gasteiger partial charge is 0.257 e. The molecule has 2 amide bonds. The van der Waals surface area contributed by atoms with Crippen LogP contribution < -0.4 is 10.6 Å². The van der Waals surface area contributed by atoms with Crippen LogP contribution in [-0.2, 0) is 4.79 Å². The minimum atomic E-state index is -0.317. The molecule has 7 heteroatoms. The van der Waals surface area contributed by atoms with Crippen molar-refractivity contribution in [2.24, 2.45) is 0 Å². The third-order valence-corrected chi connectivity index (χ3v) is 5.92. The number of hydrogen-bond donors (Lipinski definition) is 2. The van der Waals surface area contributed by atoms with Crippen molar-refractivity contribution >= 4 is 58.2 Å². The van der Waals surface area contributed by atoms with Crippen molar-refractivity contribution in [3.8, 4) is 0 Å². The fraction of sp³-hybridized carbons (Fsp3) is 0.130. The minimum Gasteiger partial charge on any atom is -0.325 e. The van der Waals surface area contributed by atoms with E-state index in [1.165, 1.54) is 17.8 Å². The molecule has 0 fully saturated rings. The van der Waals surface area contributed by atoms with Crippen LogP contribution in [0.1, 0.15) is 22.8 Å². The molecule has 3 aromatic carbocycles.